The molecule has 0 saturated heterocycles. The second kappa shape index (κ2) is 4.74. The molecule has 0 radical (unpaired) electrons. The largest absolute Gasteiger partial charge is 0.365 e. The Labute approximate surface area is 110 Å². The Kier molecular flexibility index (Phi) is 3.09. The summed E-state index contributed by atoms with van der Waals surface area (Å²) in [4.78, 5) is 11.6. The van der Waals surface area contributed by atoms with E-state index in [2.05, 4.69) is 20.3 Å². The summed E-state index contributed by atoms with van der Waals surface area (Å²) in [5.41, 5.74) is 7.66. The predicted molar refractivity (Wildman–Crippen MR) is 72.8 cm³/mol. The molecule has 2 aromatic rings. The number of anilines is 1. The molecule has 1 fully saturated rings. The third-order valence-corrected chi connectivity index (χ3v) is 3.66. The molecule has 0 atom stereocenters. The number of hydrogen-bond acceptors (Lipinski definition) is 4. The van der Waals surface area contributed by atoms with Crippen LogP contribution in [-0.4, -0.2) is 27.0 Å². The zero-order valence-electron chi connectivity index (χ0n) is 9.99. The molecule has 18 heavy (non-hydrogen) atoms. The van der Waals surface area contributed by atoms with E-state index in [0.717, 1.165) is 42.5 Å². The second-order valence-electron chi connectivity index (χ2n) is 4.84. The number of halogens is 1. The van der Waals surface area contributed by atoms with Crippen LogP contribution in [0.1, 0.15) is 25.7 Å². The van der Waals surface area contributed by atoms with Gasteiger partial charge in [0.25, 0.3) is 0 Å². The predicted octanol–water partition coefficient (Wildman–Crippen LogP) is 2.29. The molecular formula is C12H16ClN5. The molecule has 96 valence electrons. The summed E-state index contributed by atoms with van der Waals surface area (Å²) in [5, 5.41) is 3.72. The van der Waals surface area contributed by atoms with Gasteiger partial charge in [-0.1, -0.05) is 0 Å². The molecule has 1 saturated carbocycles. The monoisotopic (exact) mass is 265 g/mol. The second-order valence-corrected chi connectivity index (χ2v) is 5.17. The molecule has 2 heterocycles. The van der Waals surface area contributed by atoms with Crippen molar-refractivity contribution in [3.05, 3.63) is 17.5 Å². The maximum absolute atomic E-state index is 5.93. The minimum Gasteiger partial charge on any atom is -0.365 e. The number of hydrogen-bond donors (Lipinski definition) is 3. The van der Waals surface area contributed by atoms with Crippen molar-refractivity contribution < 1.29 is 0 Å². The van der Waals surface area contributed by atoms with Crippen LogP contribution in [-0.2, 0) is 0 Å². The van der Waals surface area contributed by atoms with Crippen LogP contribution in [0.5, 0.6) is 0 Å². The van der Waals surface area contributed by atoms with Crippen LogP contribution in [0, 0.1) is 0 Å². The minimum absolute atomic E-state index is 0.275. The fourth-order valence-electron chi connectivity index (χ4n) is 2.48. The van der Waals surface area contributed by atoms with Crippen molar-refractivity contribution >= 4 is 28.5 Å². The lowest BCUT2D eigenvalue weighted by Gasteiger charge is -2.27. The van der Waals surface area contributed by atoms with Crippen molar-refractivity contribution in [2.24, 2.45) is 5.73 Å². The summed E-state index contributed by atoms with van der Waals surface area (Å²) in [6.07, 6.45) is 6.11. The molecule has 1 aliphatic rings. The van der Waals surface area contributed by atoms with Crippen LogP contribution >= 0.6 is 11.6 Å². The van der Waals surface area contributed by atoms with Crippen LogP contribution in [0.15, 0.2) is 12.3 Å². The fourth-order valence-corrected chi connectivity index (χ4v) is 2.65. The highest BCUT2D eigenvalue weighted by Gasteiger charge is 2.20. The number of nitrogens with one attached hydrogen (secondary N) is 2. The molecule has 0 unspecified atom stereocenters. The number of fused-ring (bicyclic) bond motifs is 1. The molecule has 0 amide bonds. The SMILES string of the molecule is N[C@H]1CC[C@@H](Nc2nc(Cl)nc3cc[nH]c23)CC1. The topological polar surface area (TPSA) is 79.6 Å². The van der Waals surface area contributed by atoms with Crippen LogP contribution < -0.4 is 11.1 Å². The first-order chi connectivity index (χ1) is 8.72. The molecule has 0 aromatic carbocycles. The van der Waals surface area contributed by atoms with E-state index in [1.807, 2.05) is 12.3 Å². The Morgan fingerprint density at radius 1 is 1.28 bits per heavy atom. The van der Waals surface area contributed by atoms with Gasteiger partial charge in [-0.25, -0.2) is 4.98 Å². The van der Waals surface area contributed by atoms with Gasteiger partial charge >= 0.3 is 0 Å². The van der Waals surface area contributed by atoms with Gasteiger partial charge in [0.05, 0.1) is 5.52 Å². The smallest absolute Gasteiger partial charge is 0.225 e. The number of nitrogens with zero attached hydrogens (tertiary/aromatic N) is 2. The number of aromatic amines is 1. The van der Waals surface area contributed by atoms with Crippen molar-refractivity contribution in [2.75, 3.05) is 5.32 Å². The van der Waals surface area contributed by atoms with Crippen molar-refractivity contribution in [2.45, 2.75) is 37.8 Å². The third-order valence-electron chi connectivity index (χ3n) is 3.49. The van der Waals surface area contributed by atoms with Crippen LogP contribution in [0.25, 0.3) is 11.0 Å². The van der Waals surface area contributed by atoms with E-state index in [9.17, 15) is 0 Å². The first kappa shape index (κ1) is 11.7. The van der Waals surface area contributed by atoms with E-state index in [-0.39, 0.29) is 5.28 Å². The van der Waals surface area contributed by atoms with E-state index in [1.54, 1.807) is 0 Å². The lowest BCUT2D eigenvalue weighted by Crippen LogP contribution is -2.33. The van der Waals surface area contributed by atoms with Crippen molar-refractivity contribution in [1.29, 1.82) is 0 Å². The average Bonchev–Trinajstić information content (AvgIpc) is 2.80. The van der Waals surface area contributed by atoms with Crippen LogP contribution in [0.3, 0.4) is 0 Å². The number of nitrogens with two attached hydrogens (primary N) is 1. The fraction of sp³-hybridized carbons (Fsp3) is 0.500. The minimum atomic E-state index is 0.275. The van der Waals surface area contributed by atoms with Crippen molar-refractivity contribution in [1.82, 2.24) is 15.0 Å². The molecule has 5 nitrogen and oxygen atoms in total. The zero-order chi connectivity index (χ0) is 12.5. The Bertz CT molecular complexity index is 544. The molecule has 3 rings (SSSR count). The van der Waals surface area contributed by atoms with E-state index < -0.39 is 0 Å². The van der Waals surface area contributed by atoms with Crippen molar-refractivity contribution in [3.63, 3.8) is 0 Å². The van der Waals surface area contributed by atoms with Crippen LogP contribution in [0.2, 0.25) is 5.28 Å². The van der Waals surface area contributed by atoms with Gasteiger partial charge in [-0.2, -0.15) is 4.98 Å². The number of H-pyrrole nitrogens is 1. The Morgan fingerprint density at radius 3 is 2.83 bits per heavy atom. The molecular weight excluding hydrogens is 250 g/mol. The first-order valence-electron chi connectivity index (χ1n) is 6.25. The summed E-state index contributed by atoms with van der Waals surface area (Å²) in [6.45, 7) is 0. The highest BCUT2D eigenvalue weighted by molar-refractivity contribution is 6.28. The molecule has 0 spiro atoms. The first-order valence-corrected chi connectivity index (χ1v) is 6.63. The molecule has 2 aromatic heterocycles. The molecule has 0 bridgehead atoms. The summed E-state index contributed by atoms with van der Waals surface area (Å²) in [7, 11) is 0. The molecule has 1 aliphatic carbocycles. The zero-order valence-corrected chi connectivity index (χ0v) is 10.7. The van der Waals surface area contributed by atoms with Gasteiger partial charge in [0.15, 0.2) is 5.82 Å². The van der Waals surface area contributed by atoms with Gasteiger partial charge in [0, 0.05) is 18.3 Å². The van der Waals surface area contributed by atoms with Gasteiger partial charge in [-0.3, -0.25) is 0 Å². The normalized spacial score (nSPS) is 24.3. The highest BCUT2D eigenvalue weighted by Crippen LogP contribution is 2.25. The maximum Gasteiger partial charge on any atom is 0.225 e. The molecule has 6 heteroatoms. The summed E-state index contributed by atoms with van der Waals surface area (Å²) in [5.74, 6) is 0.787. The van der Waals surface area contributed by atoms with Gasteiger partial charge in [0.2, 0.25) is 5.28 Å². The third kappa shape index (κ3) is 2.28. The highest BCUT2D eigenvalue weighted by atomic mass is 35.5. The van der Waals surface area contributed by atoms with E-state index >= 15 is 0 Å². The average molecular weight is 266 g/mol. The van der Waals surface area contributed by atoms with Gasteiger partial charge in [-0.15, -0.1) is 0 Å². The number of rotatable bonds is 2. The lowest BCUT2D eigenvalue weighted by molar-refractivity contribution is 0.410. The Balaban J connectivity index is 1.83. The van der Waals surface area contributed by atoms with E-state index in [1.165, 1.54) is 0 Å². The van der Waals surface area contributed by atoms with Crippen molar-refractivity contribution in [3.8, 4) is 0 Å². The summed E-state index contributed by atoms with van der Waals surface area (Å²) < 4.78 is 0. The Hall–Kier alpha value is -1.33. The molecule has 4 N–H and O–H groups in total. The number of aromatic nitrogens is 3. The quantitative estimate of drug-likeness (QED) is 0.728. The van der Waals surface area contributed by atoms with Gasteiger partial charge < -0.3 is 16.0 Å². The van der Waals surface area contributed by atoms with E-state index in [4.69, 9.17) is 17.3 Å². The molecule has 0 aliphatic heterocycles. The van der Waals surface area contributed by atoms with Crippen LogP contribution in [0.4, 0.5) is 5.82 Å². The van der Waals surface area contributed by atoms with E-state index in [0.29, 0.717) is 12.1 Å². The summed E-state index contributed by atoms with van der Waals surface area (Å²) >= 11 is 5.93. The standard InChI is InChI=1S/C12H16ClN5/c13-12-17-9-5-6-15-10(9)11(18-12)16-8-3-1-7(14)2-4-8/h5-8,15H,1-4,14H2,(H,16,17,18)/t7-,8+. The van der Waals surface area contributed by atoms with Gasteiger partial charge in [-0.05, 0) is 43.4 Å². The lowest BCUT2D eigenvalue weighted by atomic mass is 9.92. The summed E-state index contributed by atoms with van der Waals surface area (Å²) in [6, 6.07) is 2.66. The maximum atomic E-state index is 5.93. The van der Waals surface area contributed by atoms with Gasteiger partial charge in [0.1, 0.15) is 5.52 Å². The Morgan fingerprint density at radius 2 is 2.06 bits per heavy atom.